The molecular formula is C24H20FN3O4. The van der Waals surface area contributed by atoms with Gasteiger partial charge >= 0.3 is 0 Å². The summed E-state index contributed by atoms with van der Waals surface area (Å²) in [7, 11) is 0. The van der Waals surface area contributed by atoms with Gasteiger partial charge in [0, 0.05) is 30.3 Å². The van der Waals surface area contributed by atoms with E-state index in [1.165, 1.54) is 29.4 Å². The van der Waals surface area contributed by atoms with E-state index in [1.807, 2.05) is 0 Å². The second-order valence-electron chi connectivity index (χ2n) is 7.16. The lowest BCUT2D eigenvalue weighted by molar-refractivity contribution is -0.117. The van der Waals surface area contributed by atoms with E-state index < -0.39 is 17.6 Å². The van der Waals surface area contributed by atoms with Gasteiger partial charge in [0.2, 0.25) is 5.91 Å². The van der Waals surface area contributed by atoms with E-state index in [0.29, 0.717) is 30.7 Å². The number of amides is 3. The highest BCUT2D eigenvalue weighted by Gasteiger charge is 2.24. The molecule has 8 heteroatoms. The Morgan fingerprint density at radius 1 is 1.06 bits per heavy atom. The smallest absolute Gasteiger partial charge is 0.272 e. The molecule has 0 spiro atoms. The minimum Gasteiger partial charge on any atom is -0.465 e. The van der Waals surface area contributed by atoms with Crippen LogP contribution in [0.2, 0.25) is 0 Å². The van der Waals surface area contributed by atoms with Gasteiger partial charge in [0.1, 0.15) is 17.3 Å². The molecule has 1 aromatic heterocycles. The summed E-state index contributed by atoms with van der Waals surface area (Å²) in [5, 5.41) is 5.15. The molecule has 162 valence electrons. The van der Waals surface area contributed by atoms with Crippen molar-refractivity contribution in [2.24, 2.45) is 0 Å². The third kappa shape index (κ3) is 4.75. The molecule has 7 nitrogen and oxygen atoms in total. The maximum absolute atomic E-state index is 14.6. The van der Waals surface area contributed by atoms with Crippen LogP contribution in [-0.4, -0.2) is 24.3 Å². The number of hydrogen-bond donors (Lipinski definition) is 2. The van der Waals surface area contributed by atoms with Gasteiger partial charge in [-0.15, -0.1) is 0 Å². The Morgan fingerprint density at radius 2 is 1.88 bits per heavy atom. The van der Waals surface area contributed by atoms with Crippen molar-refractivity contribution in [3.63, 3.8) is 0 Å². The summed E-state index contributed by atoms with van der Waals surface area (Å²) < 4.78 is 19.9. The first-order valence-electron chi connectivity index (χ1n) is 10.0. The Labute approximate surface area is 183 Å². The van der Waals surface area contributed by atoms with Gasteiger partial charge in [0.15, 0.2) is 0 Å². The van der Waals surface area contributed by atoms with Crippen LogP contribution >= 0.6 is 0 Å². The molecule has 1 aliphatic heterocycles. The van der Waals surface area contributed by atoms with Crippen LogP contribution in [0.1, 0.15) is 29.0 Å². The van der Waals surface area contributed by atoms with Crippen molar-refractivity contribution in [1.82, 2.24) is 5.32 Å². The maximum atomic E-state index is 14.6. The number of rotatable bonds is 6. The number of furan rings is 1. The zero-order valence-electron chi connectivity index (χ0n) is 17.0. The van der Waals surface area contributed by atoms with Gasteiger partial charge in [-0.1, -0.05) is 18.2 Å². The largest absolute Gasteiger partial charge is 0.465 e. The second-order valence-corrected chi connectivity index (χ2v) is 7.16. The van der Waals surface area contributed by atoms with E-state index >= 15 is 0 Å². The highest BCUT2D eigenvalue weighted by atomic mass is 19.1. The number of hydrogen-bond acceptors (Lipinski definition) is 4. The van der Waals surface area contributed by atoms with Crippen molar-refractivity contribution in [2.75, 3.05) is 16.8 Å². The molecule has 0 aliphatic carbocycles. The second kappa shape index (κ2) is 9.30. The first-order valence-corrected chi connectivity index (χ1v) is 10.0. The molecule has 0 bridgehead atoms. The van der Waals surface area contributed by atoms with Crippen molar-refractivity contribution in [1.29, 1.82) is 0 Å². The lowest BCUT2D eigenvalue weighted by Gasteiger charge is -2.17. The molecule has 1 saturated heterocycles. The molecule has 0 atom stereocenters. The molecule has 2 N–H and O–H groups in total. The molecule has 32 heavy (non-hydrogen) atoms. The van der Waals surface area contributed by atoms with Crippen LogP contribution in [0.4, 0.5) is 15.8 Å². The number of halogens is 1. The number of carbonyl (C=O) groups excluding carboxylic acids is 3. The molecular weight excluding hydrogens is 413 g/mol. The molecule has 1 fully saturated rings. The zero-order chi connectivity index (χ0) is 22.5. The van der Waals surface area contributed by atoms with E-state index in [0.717, 1.165) is 6.07 Å². The van der Waals surface area contributed by atoms with E-state index in [1.54, 1.807) is 42.5 Å². The number of nitrogens with one attached hydrogen (secondary N) is 2. The summed E-state index contributed by atoms with van der Waals surface area (Å²) in [6.07, 6.45) is 3.89. The molecule has 0 saturated carbocycles. The van der Waals surface area contributed by atoms with Crippen molar-refractivity contribution in [3.05, 3.63) is 89.8 Å². The van der Waals surface area contributed by atoms with Gasteiger partial charge in [0.05, 0.1) is 12.0 Å². The fraction of sp³-hybridized carbons (Fsp3) is 0.125. The molecule has 3 amide bonds. The molecule has 0 unspecified atom stereocenters. The quantitative estimate of drug-likeness (QED) is 0.576. The first-order chi connectivity index (χ1) is 15.5. The summed E-state index contributed by atoms with van der Waals surface area (Å²) in [5.41, 5.74) is 0.653. The van der Waals surface area contributed by atoms with Crippen LogP contribution < -0.4 is 15.5 Å². The van der Waals surface area contributed by atoms with E-state index in [9.17, 15) is 18.8 Å². The topological polar surface area (TPSA) is 91.7 Å². The Bertz CT molecular complexity index is 1170. The molecule has 1 aliphatic rings. The van der Waals surface area contributed by atoms with Gasteiger partial charge < -0.3 is 20.0 Å². The highest BCUT2D eigenvalue weighted by molar-refractivity contribution is 6.10. The Morgan fingerprint density at radius 3 is 2.53 bits per heavy atom. The zero-order valence-corrected chi connectivity index (χ0v) is 17.0. The fourth-order valence-corrected chi connectivity index (χ4v) is 3.36. The lowest BCUT2D eigenvalue weighted by Crippen LogP contribution is -2.30. The summed E-state index contributed by atoms with van der Waals surface area (Å²) in [6, 6.07) is 15.8. The predicted octanol–water partition coefficient (Wildman–Crippen LogP) is 3.96. The third-order valence-corrected chi connectivity index (χ3v) is 4.93. The van der Waals surface area contributed by atoms with Crippen molar-refractivity contribution in [2.45, 2.75) is 12.8 Å². The van der Waals surface area contributed by atoms with Crippen molar-refractivity contribution in [3.8, 4) is 0 Å². The molecule has 2 aromatic carbocycles. The number of benzene rings is 2. The van der Waals surface area contributed by atoms with E-state index in [4.69, 9.17) is 4.42 Å². The van der Waals surface area contributed by atoms with E-state index in [-0.39, 0.29) is 23.0 Å². The van der Waals surface area contributed by atoms with Crippen LogP contribution in [-0.2, 0) is 9.59 Å². The lowest BCUT2D eigenvalue weighted by atomic mass is 10.2. The van der Waals surface area contributed by atoms with Gasteiger partial charge in [-0.2, -0.15) is 0 Å². The Kier molecular flexibility index (Phi) is 6.12. The van der Waals surface area contributed by atoms with Crippen LogP contribution in [0, 0.1) is 5.82 Å². The summed E-state index contributed by atoms with van der Waals surface area (Å²) >= 11 is 0. The fourth-order valence-electron chi connectivity index (χ4n) is 3.36. The minimum absolute atomic E-state index is 0.0759. The average Bonchev–Trinajstić information content (AvgIpc) is 3.46. The third-order valence-electron chi connectivity index (χ3n) is 4.93. The summed E-state index contributed by atoms with van der Waals surface area (Å²) in [6.45, 7) is 0.461. The van der Waals surface area contributed by atoms with Crippen LogP contribution in [0.3, 0.4) is 0 Å². The number of carbonyl (C=O) groups is 3. The Balaban J connectivity index is 1.54. The average molecular weight is 433 g/mol. The van der Waals surface area contributed by atoms with Crippen LogP contribution in [0.25, 0.3) is 6.08 Å². The molecule has 4 rings (SSSR count). The predicted molar refractivity (Wildman–Crippen MR) is 117 cm³/mol. The summed E-state index contributed by atoms with van der Waals surface area (Å²) in [4.78, 5) is 38.7. The van der Waals surface area contributed by atoms with Crippen LogP contribution in [0.15, 0.2) is 77.0 Å². The van der Waals surface area contributed by atoms with Gasteiger partial charge in [-0.3, -0.25) is 14.4 Å². The van der Waals surface area contributed by atoms with Crippen molar-refractivity contribution >= 4 is 35.2 Å². The number of anilines is 2. The normalized spacial score (nSPS) is 13.8. The van der Waals surface area contributed by atoms with Gasteiger partial charge in [-0.25, -0.2) is 4.39 Å². The SMILES string of the molecule is O=C(Nc1ccc(N2CCCC2=O)c(F)c1)/C(=C/c1ccco1)NC(=O)c1ccccc1. The highest BCUT2D eigenvalue weighted by Crippen LogP contribution is 2.27. The summed E-state index contributed by atoms with van der Waals surface area (Å²) in [5.74, 6) is -1.53. The van der Waals surface area contributed by atoms with Crippen LogP contribution in [0.5, 0.6) is 0 Å². The first kappa shape index (κ1) is 21.0. The molecule has 2 heterocycles. The number of nitrogens with zero attached hydrogens (tertiary/aromatic N) is 1. The van der Waals surface area contributed by atoms with Gasteiger partial charge in [-0.05, 0) is 48.9 Å². The molecule has 0 radical (unpaired) electrons. The van der Waals surface area contributed by atoms with E-state index in [2.05, 4.69) is 10.6 Å². The monoisotopic (exact) mass is 433 g/mol. The van der Waals surface area contributed by atoms with Gasteiger partial charge in [0.25, 0.3) is 11.8 Å². The molecule has 3 aromatic rings. The minimum atomic E-state index is -0.657. The maximum Gasteiger partial charge on any atom is 0.272 e. The standard InChI is InChI=1S/C24H20FN3O4/c25-19-14-17(10-11-21(19)28-12-4-9-22(28)29)26-24(31)20(15-18-8-5-13-32-18)27-23(30)16-6-2-1-3-7-16/h1-3,5-8,10-11,13-15H,4,9,12H2,(H,26,31)(H,27,30)/b20-15-. The Hall–Kier alpha value is -4.20. The van der Waals surface area contributed by atoms with Crippen molar-refractivity contribution < 1.29 is 23.2 Å².